The second kappa shape index (κ2) is 10.6. The molecule has 0 radical (unpaired) electrons. The number of aromatic nitrogens is 7. The van der Waals surface area contributed by atoms with Crippen LogP contribution in [0.5, 0.6) is 0 Å². The number of aliphatic hydroxyl groups excluding tert-OH is 1. The van der Waals surface area contributed by atoms with E-state index in [1.54, 1.807) is 0 Å². The molecule has 0 bridgehead atoms. The monoisotopic (exact) mass is 613 g/mol. The summed E-state index contributed by atoms with van der Waals surface area (Å²) in [5.41, 5.74) is 10.8. The number of H-pyrrole nitrogens is 1. The van der Waals surface area contributed by atoms with Crippen molar-refractivity contribution in [3.63, 3.8) is 0 Å². The van der Waals surface area contributed by atoms with E-state index < -0.39 is 48.9 Å². The van der Waals surface area contributed by atoms with Gasteiger partial charge in [0.05, 0.1) is 24.4 Å². The Morgan fingerprint density at radius 1 is 1.24 bits per heavy atom. The Hall–Kier alpha value is -3.12. The molecule has 3 unspecified atom stereocenters. The largest absolute Gasteiger partial charge is 0.383 e. The molecule has 220 valence electrons. The van der Waals surface area contributed by atoms with Crippen LogP contribution in [0, 0.1) is 11.7 Å². The Morgan fingerprint density at radius 2 is 2.05 bits per heavy atom. The van der Waals surface area contributed by atoms with E-state index in [1.807, 2.05) is 0 Å². The fourth-order valence-corrected chi connectivity index (χ4v) is 6.84. The lowest BCUT2D eigenvalue weighted by Gasteiger charge is -2.30. The fourth-order valence-electron chi connectivity index (χ4n) is 5.41. The summed E-state index contributed by atoms with van der Waals surface area (Å²) in [4.78, 5) is 41.2. The van der Waals surface area contributed by atoms with Crippen molar-refractivity contribution in [2.45, 2.75) is 56.5 Å². The first-order valence-electron chi connectivity index (χ1n) is 12.6. The number of alkyl halides is 1. The maximum atomic E-state index is 15.6. The first-order valence-corrected chi connectivity index (χ1v) is 15.2. The van der Waals surface area contributed by atoms with Crippen molar-refractivity contribution in [3.8, 4) is 0 Å². The van der Waals surface area contributed by atoms with Gasteiger partial charge in [0, 0.05) is 6.20 Å². The minimum atomic E-state index is -4.13. The predicted molar refractivity (Wildman–Crippen MR) is 144 cm³/mol. The first-order chi connectivity index (χ1) is 19.5. The molecule has 0 aromatic carbocycles. The summed E-state index contributed by atoms with van der Waals surface area (Å²) in [6.07, 6.45) is -1.76. The van der Waals surface area contributed by atoms with Crippen LogP contribution in [-0.2, 0) is 25.6 Å². The van der Waals surface area contributed by atoms with Crippen LogP contribution in [0.4, 0.5) is 20.5 Å². The average molecular weight is 614 g/mol. The molecule has 6 heterocycles. The van der Waals surface area contributed by atoms with E-state index in [2.05, 4.69) is 24.9 Å². The lowest BCUT2D eigenvalue weighted by molar-refractivity contribution is -0.0641. The molecule has 15 nitrogen and oxygen atoms in total. The average Bonchev–Trinajstić information content (AvgIpc) is 3.61. The number of fused-ring (bicyclic) bond motifs is 3. The summed E-state index contributed by atoms with van der Waals surface area (Å²) in [6, 6.07) is 0. The summed E-state index contributed by atoms with van der Waals surface area (Å²) >= 11 is 5.16. The van der Waals surface area contributed by atoms with Crippen LogP contribution in [0.3, 0.4) is 0 Å². The molecule has 2 aliphatic rings. The van der Waals surface area contributed by atoms with E-state index in [9.17, 15) is 19.2 Å². The van der Waals surface area contributed by atoms with Gasteiger partial charge in [-0.15, -0.1) is 0 Å². The number of hydrogen-bond donors (Lipinski definition) is 5. The summed E-state index contributed by atoms with van der Waals surface area (Å²) in [5.74, 6) is -0.991. The van der Waals surface area contributed by atoms with E-state index in [0.29, 0.717) is 19.3 Å². The minimum Gasteiger partial charge on any atom is -0.383 e. The first kappa shape index (κ1) is 28.0. The highest BCUT2D eigenvalue weighted by Gasteiger charge is 2.42. The van der Waals surface area contributed by atoms with Crippen LogP contribution in [0.25, 0.3) is 22.2 Å². The van der Waals surface area contributed by atoms with E-state index in [4.69, 9.17) is 37.1 Å². The Balaban J connectivity index is 1.23. The maximum Gasteiger partial charge on any atom is 0.325 e. The van der Waals surface area contributed by atoms with Crippen LogP contribution < -0.4 is 17.0 Å². The number of nitrogens with two attached hydrogens (primary N) is 2. The van der Waals surface area contributed by atoms with Gasteiger partial charge in [-0.25, -0.2) is 23.7 Å². The minimum absolute atomic E-state index is 0.00131. The zero-order chi connectivity index (χ0) is 29.1. The molecule has 4 aromatic rings. The molecule has 4 aromatic heterocycles. The summed E-state index contributed by atoms with van der Waals surface area (Å²) in [7, 11) is 0. The Labute approximate surface area is 234 Å². The molecule has 2 saturated heterocycles. The molecule has 0 amide bonds. The van der Waals surface area contributed by atoms with Gasteiger partial charge in [-0.1, -0.05) is 6.42 Å². The summed E-state index contributed by atoms with van der Waals surface area (Å²) in [6.45, 7) is -4.33. The normalized spacial score (nSPS) is 30.3. The molecule has 0 aliphatic carbocycles. The number of nitrogen functional groups attached to an aromatic ring is 2. The molecule has 2 aliphatic heterocycles. The molecular weight excluding hydrogens is 587 g/mol. The van der Waals surface area contributed by atoms with E-state index in [0.717, 1.165) is 10.9 Å². The number of halogens is 2. The van der Waals surface area contributed by atoms with Crippen molar-refractivity contribution < 1.29 is 32.6 Å². The number of nitrogens with zero attached hydrogens (tertiary/aromatic N) is 6. The van der Waals surface area contributed by atoms with Gasteiger partial charge in [0.25, 0.3) is 5.56 Å². The zero-order valence-electron chi connectivity index (χ0n) is 21.2. The second-order valence-electron chi connectivity index (χ2n) is 9.94. The van der Waals surface area contributed by atoms with E-state index >= 15 is 4.39 Å². The van der Waals surface area contributed by atoms with Crippen molar-refractivity contribution in [3.05, 3.63) is 35.0 Å². The zero-order valence-corrected chi connectivity index (χ0v) is 22.9. The van der Waals surface area contributed by atoms with E-state index in [-0.39, 0.29) is 52.9 Å². The number of nitrogens with one attached hydrogen (secondary N) is 1. The predicted octanol–water partition coefficient (Wildman–Crippen LogP) is 1.40. The lowest BCUT2D eigenvalue weighted by Crippen LogP contribution is -2.35. The van der Waals surface area contributed by atoms with Crippen molar-refractivity contribution in [1.82, 2.24) is 34.1 Å². The third-order valence-corrected chi connectivity index (χ3v) is 8.92. The summed E-state index contributed by atoms with van der Waals surface area (Å²) < 4.78 is 50.1. The summed E-state index contributed by atoms with van der Waals surface area (Å²) in [5, 5.41) is 11.2. The highest BCUT2D eigenvalue weighted by atomic mass is 32.5. The van der Waals surface area contributed by atoms with Crippen LogP contribution in [0.1, 0.15) is 38.1 Å². The number of hydrogen-bond acceptors (Lipinski definition) is 12. The SMILES string of the molecule is Nc1nc2c(ncn2[C@H](O)[C@@H]2OP(O)(=S)OC[C@H]3OC(n4cc(F)c5c(N)ncnc54)C[C@@H]3CCCC2F)c(=O)[nH]1. The second-order valence-corrected chi connectivity index (χ2v) is 12.7. The molecular formula is C22H26F2N9O6PS. The number of imidazole rings is 1. The number of ether oxygens (including phenoxy) is 1. The molecule has 0 saturated carbocycles. The van der Waals surface area contributed by atoms with Crippen molar-refractivity contribution in [1.29, 1.82) is 0 Å². The van der Waals surface area contributed by atoms with Gasteiger partial charge in [-0.05, 0) is 37.0 Å². The van der Waals surface area contributed by atoms with Gasteiger partial charge in [0.2, 0.25) is 5.95 Å². The Kier molecular flexibility index (Phi) is 7.25. The van der Waals surface area contributed by atoms with Gasteiger partial charge in [0.15, 0.2) is 28.9 Å². The highest BCUT2D eigenvalue weighted by Crippen LogP contribution is 2.50. The molecule has 0 spiro atoms. The highest BCUT2D eigenvalue weighted by molar-refractivity contribution is 8.07. The molecule has 7 N–H and O–H groups in total. The van der Waals surface area contributed by atoms with Crippen molar-refractivity contribution >= 4 is 52.5 Å². The van der Waals surface area contributed by atoms with Crippen molar-refractivity contribution in [2.75, 3.05) is 18.1 Å². The molecule has 41 heavy (non-hydrogen) atoms. The van der Waals surface area contributed by atoms with Crippen LogP contribution >= 0.6 is 6.72 Å². The van der Waals surface area contributed by atoms with Gasteiger partial charge in [-0.3, -0.25) is 18.9 Å². The smallest absolute Gasteiger partial charge is 0.325 e. The van der Waals surface area contributed by atoms with Gasteiger partial charge in [0.1, 0.15) is 30.6 Å². The topological polar surface area (TPSA) is 214 Å². The van der Waals surface area contributed by atoms with Crippen molar-refractivity contribution in [2.24, 2.45) is 5.92 Å². The lowest BCUT2D eigenvalue weighted by atomic mass is 9.93. The molecule has 19 heteroatoms. The standard InChI is InChI=1S/C22H26F2N9O6PS/c23-10-3-1-2-9-4-13(32-5-11(24)14-17(25)27-7-28-18(14)32)38-12(9)6-37-40(36,41)39-16(10)21(35)33-8-29-15-19(33)30-22(26)31-20(15)34/h5,7-10,12-13,16,21,35H,1-4,6H2,(H,36,41)(H2,25,27,28)(H3,26,30,31,34)/t9-,10?,12+,13?,16+,21+,40?/m0/s1. The fraction of sp³-hybridized carbons (Fsp3) is 0.500. The number of aliphatic hydroxyl groups is 1. The maximum absolute atomic E-state index is 15.6. The van der Waals surface area contributed by atoms with Crippen LogP contribution in [0.15, 0.2) is 23.6 Å². The Bertz CT molecular complexity index is 1720. The number of aromatic amines is 1. The third kappa shape index (κ3) is 5.20. The van der Waals surface area contributed by atoms with Crippen LogP contribution in [-0.4, -0.2) is 69.0 Å². The molecule has 2 fully saturated rings. The molecule has 7 atom stereocenters. The number of rotatable bonds is 3. The molecule has 6 rings (SSSR count). The third-order valence-electron chi connectivity index (χ3n) is 7.36. The van der Waals surface area contributed by atoms with E-state index in [1.165, 1.54) is 17.1 Å². The Morgan fingerprint density at radius 3 is 2.85 bits per heavy atom. The van der Waals surface area contributed by atoms with Gasteiger partial charge < -0.3 is 35.3 Å². The van der Waals surface area contributed by atoms with Gasteiger partial charge >= 0.3 is 6.72 Å². The van der Waals surface area contributed by atoms with Gasteiger partial charge in [-0.2, -0.15) is 4.98 Å². The van der Waals surface area contributed by atoms with Crippen LogP contribution in [0.2, 0.25) is 0 Å². The quantitative estimate of drug-likeness (QED) is 0.207. The number of anilines is 2.